The van der Waals surface area contributed by atoms with Gasteiger partial charge in [0.15, 0.2) is 5.58 Å². The van der Waals surface area contributed by atoms with Crippen LogP contribution in [0.3, 0.4) is 0 Å². The van der Waals surface area contributed by atoms with E-state index in [4.69, 9.17) is 19.2 Å². The lowest BCUT2D eigenvalue weighted by Gasteiger charge is -2.44. The van der Waals surface area contributed by atoms with Crippen LogP contribution in [-0.4, -0.2) is 70.3 Å². The average Bonchev–Trinajstić information content (AvgIpc) is 3.74. The number of hydrogen-bond acceptors (Lipinski definition) is 8. The SMILES string of the molecule is C#CO.C1CCNC1.Cc1nc(CCCOCCC(=O)N2CCC(C)(c3ccc[nH]c3=O)C(C)C2)nc2c1oc1ccccc12. The molecule has 0 saturated carbocycles. The number of fused-ring (bicyclic) bond motifs is 3. The lowest BCUT2D eigenvalue weighted by Crippen LogP contribution is -2.51. The number of aliphatic hydroxyl groups excluding tert-OH is 1. The lowest BCUT2D eigenvalue weighted by molar-refractivity contribution is -0.135. The van der Waals surface area contributed by atoms with Gasteiger partial charge < -0.3 is 29.5 Å². The smallest absolute Gasteiger partial charge is 0.251 e. The Labute approximate surface area is 264 Å². The Morgan fingerprint density at radius 3 is 2.64 bits per heavy atom. The van der Waals surface area contributed by atoms with Gasteiger partial charge in [-0.25, -0.2) is 9.97 Å². The summed E-state index contributed by atoms with van der Waals surface area (Å²) < 4.78 is 11.7. The van der Waals surface area contributed by atoms with Gasteiger partial charge in [-0.2, -0.15) is 0 Å². The minimum Gasteiger partial charge on any atom is -0.462 e. The molecule has 3 aromatic heterocycles. The zero-order valence-electron chi connectivity index (χ0n) is 26.6. The second-order valence-electron chi connectivity index (χ2n) is 11.9. The summed E-state index contributed by atoms with van der Waals surface area (Å²) in [6, 6.07) is 11.7. The fraction of sp³-hybridized carbons (Fsp3) is 0.486. The van der Waals surface area contributed by atoms with E-state index in [1.54, 1.807) is 6.20 Å². The number of carbonyl (C=O) groups is 1. The van der Waals surface area contributed by atoms with Crippen LogP contribution in [0, 0.1) is 25.4 Å². The van der Waals surface area contributed by atoms with Crippen LogP contribution in [0.4, 0.5) is 0 Å². The molecule has 45 heavy (non-hydrogen) atoms. The number of pyridine rings is 1. The third-order valence-electron chi connectivity index (χ3n) is 8.81. The predicted molar refractivity (Wildman–Crippen MR) is 175 cm³/mol. The summed E-state index contributed by atoms with van der Waals surface area (Å²) in [6.07, 6.45) is 12.4. The first kappa shape index (κ1) is 33.7. The van der Waals surface area contributed by atoms with Gasteiger partial charge in [0.25, 0.3) is 5.56 Å². The topological polar surface area (TPSA) is 134 Å². The van der Waals surface area contributed by atoms with Crippen LogP contribution < -0.4 is 10.9 Å². The molecule has 0 bridgehead atoms. The molecule has 6 rings (SSSR count). The van der Waals surface area contributed by atoms with E-state index < -0.39 is 0 Å². The molecular formula is C35H45N5O5. The second-order valence-corrected chi connectivity index (χ2v) is 11.9. The van der Waals surface area contributed by atoms with E-state index >= 15 is 0 Å². The quantitative estimate of drug-likeness (QED) is 0.189. The van der Waals surface area contributed by atoms with Gasteiger partial charge >= 0.3 is 0 Å². The number of aromatic nitrogens is 3. The zero-order valence-corrected chi connectivity index (χ0v) is 26.6. The van der Waals surface area contributed by atoms with Gasteiger partial charge in [-0.15, -0.1) is 0 Å². The summed E-state index contributed by atoms with van der Waals surface area (Å²) in [6.45, 7) is 10.9. The summed E-state index contributed by atoms with van der Waals surface area (Å²) in [5.41, 5.74) is 3.78. The molecule has 2 aliphatic heterocycles. The molecule has 5 heterocycles. The highest BCUT2D eigenvalue weighted by Crippen LogP contribution is 2.37. The molecule has 0 radical (unpaired) electrons. The Hall–Kier alpha value is -4.20. The van der Waals surface area contributed by atoms with Gasteiger partial charge in [0, 0.05) is 48.7 Å². The highest BCUT2D eigenvalue weighted by Gasteiger charge is 2.40. The first-order valence-electron chi connectivity index (χ1n) is 15.8. The number of hydrogen-bond donors (Lipinski definition) is 3. The standard InChI is InChI=1S/C29H34N4O4.C4H9N.C2H2O/c1-19-18-33(15-13-29(19,3)22-9-6-14-30-28(22)35)25(34)12-17-36-16-7-11-24-31-20(2)27-26(32-24)21-8-4-5-10-23(21)37-27;1-2-4-5-3-1;1-2-3/h4-6,8-10,14,19H,7,11-13,15-18H2,1-3H3,(H,30,35);5H,1-4H2;1,3H. The number of nitrogens with zero attached hydrogens (tertiary/aromatic N) is 3. The molecule has 0 spiro atoms. The van der Waals surface area contributed by atoms with Crippen molar-refractivity contribution in [2.24, 2.45) is 5.92 Å². The predicted octanol–water partition coefficient (Wildman–Crippen LogP) is 4.86. The Balaban J connectivity index is 0.000000509. The summed E-state index contributed by atoms with van der Waals surface area (Å²) in [7, 11) is 0. The number of aromatic amines is 1. The number of furan rings is 1. The van der Waals surface area contributed by atoms with E-state index in [9.17, 15) is 9.59 Å². The Morgan fingerprint density at radius 2 is 1.96 bits per heavy atom. The van der Waals surface area contributed by atoms with Crippen LogP contribution in [0.2, 0.25) is 0 Å². The molecular weight excluding hydrogens is 570 g/mol. The number of likely N-dealkylation sites (tertiary alicyclic amines) is 1. The number of para-hydroxylation sites is 1. The van der Waals surface area contributed by atoms with Gasteiger partial charge in [0.2, 0.25) is 5.91 Å². The molecule has 2 atom stereocenters. The zero-order chi connectivity index (χ0) is 32.2. The van der Waals surface area contributed by atoms with Crippen molar-refractivity contribution in [3.63, 3.8) is 0 Å². The molecule has 4 aromatic rings. The van der Waals surface area contributed by atoms with Crippen molar-refractivity contribution in [3.05, 3.63) is 70.0 Å². The first-order valence-corrected chi connectivity index (χ1v) is 15.8. The number of nitrogens with one attached hydrogen (secondary N) is 2. The summed E-state index contributed by atoms with van der Waals surface area (Å²) in [4.78, 5) is 39.2. The normalized spacial score (nSPS) is 19.3. The van der Waals surface area contributed by atoms with E-state index in [2.05, 4.69) is 35.6 Å². The van der Waals surface area contributed by atoms with Gasteiger partial charge in [0.1, 0.15) is 23.0 Å². The van der Waals surface area contributed by atoms with Crippen molar-refractivity contribution in [1.82, 2.24) is 25.2 Å². The van der Waals surface area contributed by atoms with Crippen LogP contribution in [-0.2, 0) is 21.4 Å². The molecule has 2 saturated heterocycles. The molecule has 3 N–H and O–H groups in total. The maximum atomic E-state index is 12.8. The van der Waals surface area contributed by atoms with Crippen molar-refractivity contribution < 1.29 is 19.1 Å². The number of carbonyl (C=O) groups excluding carboxylic acids is 1. The number of aryl methyl sites for hydroxylation is 2. The largest absolute Gasteiger partial charge is 0.462 e. The van der Waals surface area contributed by atoms with E-state index in [1.165, 1.54) is 32.0 Å². The highest BCUT2D eigenvalue weighted by molar-refractivity contribution is 6.02. The molecule has 0 aliphatic carbocycles. The third kappa shape index (κ3) is 8.50. The van der Waals surface area contributed by atoms with Crippen LogP contribution in [0.25, 0.3) is 22.1 Å². The maximum Gasteiger partial charge on any atom is 0.251 e. The van der Waals surface area contributed by atoms with Gasteiger partial charge in [0.05, 0.1) is 18.7 Å². The van der Waals surface area contributed by atoms with E-state index in [0.29, 0.717) is 39.1 Å². The van der Waals surface area contributed by atoms with Gasteiger partial charge in [-0.1, -0.05) is 38.5 Å². The maximum absolute atomic E-state index is 12.8. The first-order chi connectivity index (χ1) is 21.8. The molecule has 1 aromatic carbocycles. The molecule has 2 unspecified atom stereocenters. The molecule has 240 valence electrons. The minimum absolute atomic E-state index is 0.0383. The number of terminal acetylenes is 1. The number of amides is 1. The summed E-state index contributed by atoms with van der Waals surface area (Å²) in [5, 5.41) is 11.3. The average molecular weight is 616 g/mol. The van der Waals surface area contributed by atoms with Crippen molar-refractivity contribution in [2.45, 2.75) is 64.7 Å². The number of H-pyrrole nitrogens is 1. The minimum atomic E-state index is -0.242. The Kier molecular flexibility index (Phi) is 12.1. The highest BCUT2D eigenvalue weighted by atomic mass is 16.5. The van der Waals surface area contributed by atoms with Crippen molar-refractivity contribution in [1.29, 1.82) is 0 Å². The van der Waals surface area contributed by atoms with E-state index in [-0.39, 0.29) is 22.8 Å². The summed E-state index contributed by atoms with van der Waals surface area (Å²) >= 11 is 0. The Morgan fingerprint density at radius 1 is 1.20 bits per heavy atom. The van der Waals surface area contributed by atoms with Crippen molar-refractivity contribution >= 4 is 28.0 Å². The van der Waals surface area contributed by atoms with Crippen molar-refractivity contribution in [3.8, 4) is 12.5 Å². The number of rotatable bonds is 8. The number of ether oxygens (including phenoxy) is 1. The summed E-state index contributed by atoms with van der Waals surface area (Å²) in [5.74, 6) is 1.06. The van der Waals surface area contributed by atoms with E-state index in [0.717, 1.165) is 52.0 Å². The van der Waals surface area contributed by atoms with Gasteiger partial charge in [-0.3, -0.25) is 9.59 Å². The van der Waals surface area contributed by atoms with Gasteiger partial charge in [-0.05, 0) is 69.8 Å². The molecule has 10 heteroatoms. The number of aliphatic hydroxyl groups is 1. The fourth-order valence-electron chi connectivity index (χ4n) is 6.01. The van der Waals surface area contributed by atoms with Crippen LogP contribution in [0.1, 0.15) is 63.0 Å². The monoisotopic (exact) mass is 615 g/mol. The number of piperidine rings is 1. The molecule has 1 amide bonds. The molecule has 2 fully saturated rings. The second kappa shape index (κ2) is 16.2. The Bertz CT molecular complexity index is 1650. The van der Waals surface area contributed by atoms with Crippen molar-refractivity contribution in [2.75, 3.05) is 39.4 Å². The fourth-order valence-corrected chi connectivity index (χ4v) is 6.01. The van der Waals surface area contributed by atoms with E-state index in [1.807, 2.05) is 48.2 Å². The molecule has 10 nitrogen and oxygen atoms in total. The van der Waals surface area contributed by atoms with Crippen LogP contribution in [0.5, 0.6) is 0 Å². The molecule has 2 aliphatic rings. The van der Waals surface area contributed by atoms with Crippen LogP contribution in [0.15, 0.2) is 51.8 Å². The third-order valence-corrected chi connectivity index (χ3v) is 8.81. The lowest BCUT2D eigenvalue weighted by atomic mass is 9.68. The van der Waals surface area contributed by atoms with Crippen LogP contribution >= 0.6 is 0 Å². The number of benzene rings is 1.